The molecule has 148 valence electrons. The molecule has 2 aromatic carbocycles. The smallest absolute Gasteiger partial charge is 0.223 e. The number of hydrogen-bond acceptors (Lipinski definition) is 3. The Kier molecular flexibility index (Phi) is 6.39. The second-order valence-corrected chi connectivity index (χ2v) is 8.14. The zero-order valence-electron chi connectivity index (χ0n) is 16.1. The fourth-order valence-electron chi connectivity index (χ4n) is 3.64. The average Bonchev–Trinajstić information content (AvgIpc) is 2.64. The fraction of sp³-hybridized carbons (Fsp3) is 0.364. The van der Waals surface area contributed by atoms with Crippen LogP contribution in [0.15, 0.2) is 53.0 Å². The molecule has 6 heteroatoms. The molecule has 0 radical (unpaired) electrons. The number of benzene rings is 2. The Balaban J connectivity index is 1.74. The Hall–Kier alpha value is -2.34. The number of rotatable bonds is 7. The van der Waals surface area contributed by atoms with Crippen molar-refractivity contribution in [3.05, 3.63) is 64.1 Å². The number of carbonyl (C=O) groups excluding carboxylic acids is 2. The van der Waals surface area contributed by atoms with Crippen LogP contribution in [0.3, 0.4) is 0 Å². The molecule has 2 aromatic rings. The second-order valence-electron chi connectivity index (χ2n) is 7.22. The molecule has 0 spiro atoms. The topological polar surface area (TPSA) is 67.4 Å². The maximum atomic E-state index is 12.9. The largest absolute Gasteiger partial charge is 0.497 e. The number of amides is 2. The molecule has 3 rings (SSSR count). The van der Waals surface area contributed by atoms with E-state index >= 15 is 0 Å². The van der Waals surface area contributed by atoms with Gasteiger partial charge in [-0.2, -0.15) is 0 Å². The van der Waals surface area contributed by atoms with Crippen molar-refractivity contribution in [3.63, 3.8) is 0 Å². The number of carbonyl (C=O) groups is 2. The predicted molar refractivity (Wildman–Crippen MR) is 112 cm³/mol. The highest BCUT2D eigenvalue weighted by atomic mass is 79.9. The standard InChI is InChI=1S/C22H25BrN2O3/c1-15(26)24-20(16-7-9-19(28-2)10-8-16)14-21(27)25-22(11-4-12-22)17-5-3-6-18(23)13-17/h3,5-10,13,20H,4,11-12,14H2,1-2H3,(H,24,26)(H,25,27). The van der Waals surface area contributed by atoms with Gasteiger partial charge in [-0.25, -0.2) is 0 Å². The van der Waals surface area contributed by atoms with Gasteiger partial charge < -0.3 is 15.4 Å². The Morgan fingerprint density at radius 2 is 1.89 bits per heavy atom. The third-order valence-electron chi connectivity index (χ3n) is 5.25. The average molecular weight is 445 g/mol. The molecule has 28 heavy (non-hydrogen) atoms. The van der Waals surface area contributed by atoms with E-state index in [-0.39, 0.29) is 29.8 Å². The first-order valence-electron chi connectivity index (χ1n) is 9.40. The van der Waals surface area contributed by atoms with E-state index in [0.717, 1.165) is 40.6 Å². The summed E-state index contributed by atoms with van der Waals surface area (Å²) >= 11 is 3.51. The van der Waals surface area contributed by atoms with Crippen LogP contribution in [0.5, 0.6) is 5.75 Å². The van der Waals surface area contributed by atoms with Gasteiger partial charge in [0.1, 0.15) is 5.75 Å². The normalized spacial score (nSPS) is 15.8. The minimum absolute atomic E-state index is 0.0748. The summed E-state index contributed by atoms with van der Waals surface area (Å²) in [4.78, 5) is 24.6. The molecular formula is C22H25BrN2O3. The van der Waals surface area contributed by atoms with Crippen molar-refractivity contribution in [1.29, 1.82) is 0 Å². The quantitative estimate of drug-likeness (QED) is 0.671. The van der Waals surface area contributed by atoms with Crippen molar-refractivity contribution in [2.75, 3.05) is 7.11 Å². The van der Waals surface area contributed by atoms with Gasteiger partial charge in [0, 0.05) is 11.4 Å². The molecule has 1 fully saturated rings. The summed E-state index contributed by atoms with van der Waals surface area (Å²) in [5.74, 6) is 0.492. The molecule has 1 aliphatic rings. The summed E-state index contributed by atoms with van der Waals surface area (Å²) in [7, 11) is 1.60. The summed E-state index contributed by atoms with van der Waals surface area (Å²) in [6.45, 7) is 1.46. The van der Waals surface area contributed by atoms with E-state index in [9.17, 15) is 9.59 Å². The van der Waals surface area contributed by atoms with Crippen molar-refractivity contribution in [2.24, 2.45) is 0 Å². The Labute approximate surface area is 174 Å². The van der Waals surface area contributed by atoms with Gasteiger partial charge in [-0.15, -0.1) is 0 Å². The van der Waals surface area contributed by atoms with Crippen LogP contribution in [0.1, 0.15) is 49.8 Å². The van der Waals surface area contributed by atoms with Crippen molar-refractivity contribution >= 4 is 27.7 Å². The highest BCUT2D eigenvalue weighted by Crippen LogP contribution is 2.42. The molecular weight excluding hydrogens is 420 g/mol. The molecule has 1 atom stereocenters. The third-order valence-corrected chi connectivity index (χ3v) is 5.74. The summed E-state index contributed by atoms with van der Waals surface area (Å²) in [6, 6.07) is 15.1. The minimum atomic E-state index is -0.386. The van der Waals surface area contributed by atoms with Gasteiger partial charge in [-0.1, -0.05) is 40.2 Å². The van der Waals surface area contributed by atoms with Crippen LogP contribution in [0, 0.1) is 0 Å². The van der Waals surface area contributed by atoms with Gasteiger partial charge in [0.2, 0.25) is 11.8 Å². The third kappa shape index (κ3) is 4.73. The summed E-state index contributed by atoms with van der Waals surface area (Å²) < 4.78 is 6.19. The summed E-state index contributed by atoms with van der Waals surface area (Å²) in [5, 5.41) is 6.12. The predicted octanol–water partition coefficient (Wildman–Crippen LogP) is 4.22. The SMILES string of the molecule is COc1ccc(C(CC(=O)NC2(c3cccc(Br)c3)CCC2)NC(C)=O)cc1. The van der Waals surface area contributed by atoms with Crippen molar-refractivity contribution < 1.29 is 14.3 Å². The zero-order valence-corrected chi connectivity index (χ0v) is 17.7. The minimum Gasteiger partial charge on any atom is -0.497 e. The molecule has 0 aliphatic heterocycles. The van der Waals surface area contributed by atoms with E-state index in [0.29, 0.717) is 0 Å². The number of nitrogens with one attached hydrogen (secondary N) is 2. The molecule has 1 unspecified atom stereocenters. The van der Waals surface area contributed by atoms with Crippen LogP contribution in [0.2, 0.25) is 0 Å². The number of methoxy groups -OCH3 is 1. The molecule has 0 bridgehead atoms. The highest BCUT2D eigenvalue weighted by molar-refractivity contribution is 9.10. The molecule has 1 aliphatic carbocycles. The van der Waals surface area contributed by atoms with Gasteiger partial charge >= 0.3 is 0 Å². The van der Waals surface area contributed by atoms with Gasteiger partial charge in [-0.05, 0) is 54.7 Å². The van der Waals surface area contributed by atoms with Crippen LogP contribution in [0.4, 0.5) is 0 Å². The van der Waals surface area contributed by atoms with Crippen LogP contribution in [-0.2, 0) is 15.1 Å². The second kappa shape index (κ2) is 8.78. The first-order valence-corrected chi connectivity index (χ1v) is 10.2. The first-order chi connectivity index (χ1) is 13.4. The monoisotopic (exact) mass is 444 g/mol. The first kappa shape index (κ1) is 20.4. The Morgan fingerprint density at radius 1 is 1.18 bits per heavy atom. The van der Waals surface area contributed by atoms with Gasteiger partial charge in [-0.3, -0.25) is 9.59 Å². The Morgan fingerprint density at radius 3 is 2.43 bits per heavy atom. The summed E-state index contributed by atoms with van der Waals surface area (Å²) in [5.41, 5.74) is 1.67. The highest BCUT2D eigenvalue weighted by Gasteiger charge is 2.40. The van der Waals surface area contributed by atoms with Gasteiger partial charge in [0.15, 0.2) is 0 Å². The van der Waals surface area contributed by atoms with Crippen LogP contribution in [0.25, 0.3) is 0 Å². The maximum absolute atomic E-state index is 12.9. The fourth-order valence-corrected chi connectivity index (χ4v) is 4.04. The van der Waals surface area contributed by atoms with Crippen molar-refractivity contribution in [1.82, 2.24) is 10.6 Å². The molecule has 0 heterocycles. The molecule has 5 nitrogen and oxygen atoms in total. The van der Waals surface area contributed by atoms with Gasteiger partial charge in [0.05, 0.1) is 25.1 Å². The van der Waals surface area contributed by atoms with Crippen LogP contribution < -0.4 is 15.4 Å². The molecule has 0 saturated heterocycles. The lowest BCUT2D eigenvalue weighted by Crippen LogP contribution is -2.51. The number of ether oxygens (including phenoxy) is 1. The Bertz CT molecular complexity index is 847. The van der Waals surface area contributed by atoms with Gasteiger partial charge in [0.25, 0.3) is 0 Å². The van der Waals surface area contributed by atoms with E-state index in [2.05, 4.69) is 38.7 Å². The molecule has 2 N–H and O–H groups in total. The van der Waals surface area contributed by atoms with Crippen LogP contribution >= 0.6 is 15.9 Å². The lowest BCUT2D eigenvalue weighted by molar-refractivity contribution is -0.125. The van der Waals surface area contributed by atoms with E-state index in [1.807, 2.05) is 36.4 Å². The van der Waals surface area contributed by atoms with Crippen molar-refractivity contribution in [2.45, 2.75) is 44.2 Å². The number of halogens is 1. The molecule has 1 saturated carbocycles. The van der Waals surface area contributed by atoms with E-state index in [4.69, 9.17) is 4.74 Å². The zero-order chi connectivity index (χ0) is 20.1. The maximum Gasteiger partial charge on any atom is 0.223 e. The van der Waals surface area contributed by atoms with E-state index < -0.39 is 0 Å². The lowest BCUT2D eigenvalue weighted by Gasteiger charge is -2.43. The number of hydrogen-bond donors (Lipinski definition) is 2. The molecule has 2 amide bonds. The van der Waals surface area contributed by atoms with Crippen LogP contribution in [-0.4, -0.2) is 18.9 Å². The molecule has 0 aromatic heterocycles. The van der Waals surface area contributed by atoms with Crippen molar-refractivity contribution in [3.8, 4) is 5.75 Å². The van der Waals surface area contributed by atoms with E-state index in [1.165, 1.54) is 6.92 Å². The van der Waals surface area contributed by atoms with E-state index in [1.54, 1.807) is 7.11 Å². The summed E-state index contributed by atoms with van der Waals surface area (Å²) in [6.07, 6.45) is 3.10. The lowest BCUT2D eigenvalue weighted by atomic mass is 9.71.